The number of halogens is 2. The molecule has 8 atom stereocenters. The zero-order chi connectivity index (χ0) is 80.3. The summed E-state index contributed by atoms with van der Waals surface area (Å²) in [4.78, 5) is 80.9. The number of fused-ring (bicyclic) bond motifs is 1. The Morgan fingerprint density at radius 3 is 1.89 bits per heavy atom. The highest BCUT2D eigenvalue weighted by Crippen LogP contribution is 2.42. The van der Waals surface area contributed by atoms with Gasteiger partial charge in [0.05, 0.1) is 61.6 Å². The molecule has 1 aromatic heterocycles. The van der Waals surface area contributed by atoms with E-state index in [2.05, 4.69) is 124 Å². The quantitative estimate of drug-likeness (QED) is 0.0177. The van der Waals surface area contributed by atoms with Crippen molar-refractivity contribution < 1.29 is 41.5 Å². The van der Waals surface area contributed by atoms with Gasteiger partial charge in [-0.25, -0.2) is 27.6 Å². The number of ether oxygens (including phenoxy) is 1. The van der Waals surface area contributed by atoms with Crippen LogP contribution < -0.4 is 42.5 Å². The third kappa shape index (κ3) is 25.9. The van der Waals surface area contributed by atoms with Crippen molar-refractivity contribution in [1.82, 2.24) is 57.0 Å². The van der Waals surface area contributed by atoms with E-state index in [0.29, 0.717) is 72.2 Å². The minimum atomic E-state index is -3.37. The average molecular weight is 1550 g/mol. The number of aromatic nitrogens is 2. The minimum Gasteiger partial charge on any atom is -0.444 e. The van der Waals surface area contributed by atoms with Gasteiger partial charge in [-0.3, -0.25) is 19.2 Å². The molecule has 0 radical (unpaired) electrons. The van der Waals surface area contributed by atoms with E-state index in [0.717, 1.165) is 92.6 Å². The van der Waals surface area contributed by atoms with Crippen molar-refractivity contribution in [2.45, 2.75) is 180 Å². The number of nitrogens with one attached hydrogen (secondary N) is 8. The molecular weight excluding hydrogens is 1440 g/mol. The van der Waals surface area contributed by atoms with E-state index in [4.69, 9.17) is 16.3 Å². The van der Waals surface area contributed by atoms with Crippen LogP contribution in [0.15, 0.2) is 219 Å². The first-order valence-corrected chi connectivity index (χ1v) is 40.5. The summed E-state index contributed by atoms with van der Waals surface area (Å²) in [6.07, 6.45) is 12.1. The predicted molar refractivity (Wildman–Crippen MR) is 444 cm³/mol. The highest BCUT2D eigenvalue weighted by molar-refractivity contribution is 7.90. The Balaban J connectivity index is 0.771. The second-order valence-corrected chi connectivity index (χ2v) is 34.1. The average Bonchev–Trinajstić information content (AvgIpc) is 1.76. The van der Waals surface area contributed by atoms with E-state index in [1.165, 1.54) is 18.6 Å². The van der Waals surface area contributed by atoms with Crippen molar-refractivity contribution in [3.05, 3.63) is 258 Å². The van der Waals surface area contributed by atoms with Gasteiger partial charge in [-0.05, 0) is 187 Å². The SMILES string of the molecule is C=C(CNC(=O)C(CCC(=O)NCC(=C)NC(Cc1ccccc1)C(=C)NC1CC(C)N(CC(=O)CC(C)(CCS(C)(=O)=O)CC2=CC=C(c3ccc4ncnc(Nc5ccc(CCCc6cccc(F)c6)c(Cl)c5)c4c3)C2)C1=C)NC(=O)OC(C)(C)C)NC(Cc1ccccc1)C(=C)NC1CC(C)N(CC(C)=O)C1=C. The number of Topliss-reactive ketones (excluding diaryl/α,β-unsaturated/α-hetero) is 2. The molecule has 5 aromatic carbocycles. The molecule has 20 nitrogen and oxygen atoms in total. The van der Waals surface area contributed by atoms with Crippen LogP contribution in [0.25, 0.3) is 16.5 Å². The molecule has 8 unspecified atom stereocenters. The number of alkyl carbamates (subject to hydrolysis) is 1. The Bertz CT molecular complexity index is 4620. The summed E-state index contributed by atoms with van der Waals surface area (Å²) in [6.45, 7) is 39.4. The second kappa shape index (κ2) is 38.5. The van der Waals surface area contributed by atoms with Crippen LogP contribution in [0.5, 0.6) is 0 Å². The van der Waals surface area contributed by atoms with E-state index < -0.39 is 50.8 Å². The van der Waals surface area contributed by atoms with Crippen LogP contribution >= 0.6 is 11.6 Å². The largest absolute Gasteiger partial charge is 0.444 e. The number of sulfone groups is 1. The third-order valence-corrected chi connectivity index (χ3v) is 21.7. The van der Waals surface area contributed by atoms with Gasteiger partial charge < -0.3 is 57.1 Å². The molecule has 9 rings (SSSR count). The van der Waals surface area contributed by atoms with Gasteiger partial charge in [-0.2, -0.15) is 0 Å². The summed E-state index contributed by atoms with van der Waals surface area (Å²) in [5.74, 6) is -0.643. The Morgan fingerprint density at radius 1 is 0.703 bits per heavy atom. The summed E-state index contributed by atoms with van der Waals surface area (Å²) < 4.78 is 44.9. The molecule has 3 heterocycles. The fraction of sp³-hybridized carbons (Fsp3) is 0.398. The topological polar surface area (TPSA) is 257 Å². The van der Waals surface area contributed by atoms with Crippen LogP contribution in [0.4, 0.5) is 20.7 Å². The van der Waals surface area contributed by atoms with E-state index in [1.807, 2.05) is 114 Å². The standard InChI is InChI=1S/C88H110ClFN12O8S/c1-56(51-91-83(105)38-37-78(100-86(107)110-87(10,11)12)85(106)92-52-57(2)96-80(46-67-25-19-16-20-26-67)62(7)97-81-41-58(3)101(63(81)8)53-60(5)103)95-79(45-66-23-17-15-18-24-66)61(6)98-82-42-59(4)102(64(82)9)54-74(104)50-88(13,39-40-111(14,108)109)49-68-31-32-70(43-68)71-34-36-77-75(47-71)84(94-55-93-77)99-73-35-33-69(76(89)48-73)29-21-27-65-28-22-30-72(90)44-65/h15-20,22-26,28,30-36,44,47-48,55,58-59,78-82,95-98H,1-2,6-9,21,27,29,37-43,45-46,49-54H2,3-5,10-14H3,(H,91,105)(H,92,106)(H,100,107)(H,93,94,99). The number of carbonyl (C=O) groups excluding carboxylic acids is 5. The molecule has 1 aliphatic carbocycles. The molecule has 2 fully saturated rings. The molecule has 6 aromatic rings. The van der Waals surface area contributed by atoms with Crippen molar-refractivity contribution in [1.29, 1.82) is 0 Å². The number of anilines is 2. The number of hydrogen-bond donors (Lipinski definition) is 8. The lowest BCUT2D eigenvalue weighted by atomic mass is 9.76. The Labute approximate surface area is 660 Å². The number of amides is 3. The molecule has 2 saturated heterocycles. The van der Waals surface area contributed by atoms with Crippen LogP contribution in [0.2, 0.25) is 5.02 Å². The highest BCUT2D eigenvalue weighted by atomic mass is 35.5. The van der Waals surface area contributed by atoms with E-state index in [9.17, 15) is 36.8 Å². The third-order valence-electron chi connectivity index (χ3n) is 20.4. The molecule has 0 saturated carbocycles. The number of ketones is 2. The summed E-state index contributed by atoms with van der Waals surface area (Å²) in [5, 5.41) is 27.5. The number of hydrogen-bond acceptors (Lipinski definition) is 17. The van der Waals surface area contributed by atoms with Gasteiger partial charge in [0.25, 0.3) is 0 Å². The molecule has 3 amide bonds. The van der Waals surface area contributed by atoms with Crippen molar-refractivity contribution in [3.8, 4) is 0 Å². The molecule has 111 heavy (non-hydrogen) atoms. The number of aryl methyl sites for hydroxylation is 2. The molecule has 23 heteroatoms. The predicted octanol–water partition coefficient (Wildman–Crippen LogP) is 13.9. The molecule has 8 N–H and O–H groups in total. The summed E-state index contributed by atoms with van der Waals surface area (Å²) in [6, 6.07) is 35.9. The molecule has 2 aliphatic heterocycles. The number of carbonyl (C=O) groups is 5. The number of allylic oxidation sites excluding steroid dienone is 4. The van der Waals surface area contributed by atoms with Crippen molar-refractivity contribution in [3.63, 3.8) is 0 Å². The molecule has 3 aliphatic rings. The van der Waals surface area contributed by atoms with E-state index in [1.54, 1.807) is 39.8 Å². The number of rotatable bonds is 41. The molecule has 590 valence electrons. The lowest BCUT2D eigenvalue weighted by Crippen LogP contribution is -2.50. The second-order valence-electron chi connectivity index (χ2n) is 31.4. The highest BCUT2D eigenvalue weighted by Gasteiger charge is 2.38. The molecule has 0 bridgehead atoms. The van der Waals surface area contributed by atoms with Crippen molar-refractivity contribution in [2.24, 2.45) is 5.41 Å². The number of benzene rings is 5. The summed E-state index contributed by atoms with van der Waals surface area (Å²) in [5.41, 5.74) is 10.9. The van der Waals surface area contributed by atoms with Crippen molar-refractivity contribution >= 4 is 78.9 Å². The van der Waals surface area contributed by atoms with E-state index >= 15 is 0 Å². The molecule has 0 spiro atoms. The zero-order valence-electron chi connectivity index (χ0n) is 65.5. The lowest BCUT2D eigenvalue weighted by Gasteiger charge is -2.32. The van der Waals surface area contributed by atoms with Crippen molar-refractivity contribution in [2.75, 3.05) is 43.5 Å². The van der Waals surface area contributed by atoms with Gasteiger partial charge in [0.2, 0.25) is 11.8 Å². The maximum absolute atomic E-state index is 14.5. The molecular formula is C88H110ClFN12O8S. The van der Waals surface area contributed by atoms with E-state index in [-0.39, 0.29) is 98.8 Å². The number of likely N-dealkylation sites (tertiary alicyclic amines) is 2. The van der Waals surface area contributed by atoms with Crippen LogP contribution in [-0.4, -0.2) is 144 Å². The fourth-order valence-electron chi connectivity index (χ4n) is 14.6. The van der Waals surface area contributed by atoms with Gasteiger partial charge >= 0.3 is 6.09 Å². The van der Waals surface area contributed by atoms with Crippen LogP contribution in [0.1, 0.15) is 134 Å². The Hall–Kier alpha value is -10.3. The van der Waals surface area contributed by atoms with Crippen LogP contribution in [0.3, 0.4) is 0 Å². The first-order valence-electron chi connectivity index (χ1n) is 38.1. The summed E-state index contributed by atoms with van der Waals surface area (Å²) in [7, 11) is -3.37. The fourth-order valence-corrected chi connectivity index (χ4v) is 15.8. The zero-order valence-corrected chi connectivity index (χ0v) is 67.1. The number of nitrogens with zero attached hydrogens (tertiary/aromatic N) is 4. The van der Waals surface area contributed by atoms with Crippen LogP contribution in [-0.2, 0) is 59.4 Å². The van der Waals surface area contributed by atoms with Gasteiger partial charge in [0, 0.05) is 81.5 Å². The lowest BCUT2D eigenvalue weighted by molar-refractivity contribution is -0.124. The smallest absolute Gasteiger partial charge is 0.408 e. The van der Waals surface area contributed by atoms with Gasteiger partial charge in [-0.1, -0.05) is 161 Å². The van der Waals surface area contributed by atoms with Gasteiger partial charge in [0.1, 0.15) is 45.2 Å². The maximum atomic E-state index is 14.5. The first kappa shape index (κ1) is 84.7. The van der Waals surface area contributed by atoms with Gasteiger partial charge in [0.15, 0.2) is 5.78 Å². The first-order chi connectivity index (χ1) is 52.6. The normalized spacial score (nSPS) is 17.6. The van der Waals surface area contributed by atoms with Gasteiger partial charge in [-0.15, -0.1) is 0 Å². The monoisotopic (exact) mass is 1550 g/mol. The summed E-state index contributed by atoms with van der Waals surface area (Å²) >= 11 is 6.82. The Morgan fingerprint density at radius 2 is 1.31 bits per heavy atom. The van der Waals surface area contributed by atoms with Crippen LogP contribution in [0, 0.1) is 11.2 Å². The minimum absolute atomic E-state index is 0.0204. The maximum Gasteiger partial charge on any atom is 0.408 e. The Kier molecular flexibility index (Phi) is 29.4.